The van der Waals surface area contributed by atoms with Crippen LogP contribution in [0, 0.1) is 6.92 Å². The van der Waals surface area contributed by atoms with Crippen molar-refractivity contribution in [3.05, 3.63) is 51.3 Å². The molecule has 126 valence electrons. The van der Waals surface area contributed by atoms with E-state index < -0.39 is 16.1 Å². The Balaban J connectivity index is 2.10. The van der Waals surface area contributed by atoms with Crippen molar-refractivity contribution >= 4 is 37.3 Å². The number of aliphatic hydroxyl groups excluding tert-OH is 1. The number of benzene rings is 1. The highest BCUT2D eigenvalue weighted by atomic mass is 79.9. The Morgan fingerprint density at radius 3 is 2.52 bits per heavy atom. The molecular formula is C15H18BrNO4S2. The summed E-state index contributed by atoms with van der Waals surface area (Å²) in [7, 11) is -3.58. The fraction of sp³-hybridized carbons (Fsp3) is 0.333. The van der Waals surface area contributed by atoms with Gasteiger partial charge in [0.05, 0.1) is 23.1 Å². The number of aliphatic hydroxyl groups is 1. The Labute approximate surface area is 148 Å². The van der Waals surface area contributed by atoms with Crippen LogP contribution in [-0.2, 0) is 14.8 Å². The van der Waals surface area contributed by atoms with E-state index in [1.807, 2.05) is 31.2 Å². The summed E-state index contributed by atoms with van der Waals surface area (Å²) in [4.78, 5) is 0. The zero-order chi connectivity index (χ0) is 16.9. The average Bonchev–Trinajstić information content (AvgIpc) is 2.96. The van der Waals surface area contributed by atoms with E-state index in [1.165, 1.54) is 0 Å². The standard InChI is InChI=1S/C15H18BrNO4S2/c1-11-2-4-12(5-3-11)13(21-9-8-18)10-17-23(19,20)15-7-6-14(16)22-15/h2-7,13,17-18H,8-10H2,1H3. The summed E-state index contributed by atoms with van der Waals surface area (Å²) in [6.07, 6.45) is -0.457. The maximum Gasteiger partial charge on any atom is 0.250 e. The minimum atomic E-state index is -3.58. The number of hydrogen-bond donors (Lipinski definition) is 2. The van der Waals surface area contributed by atoms with E-state index in [2.05, 4.69) is 20.7 Å². The van der Waals surface area contributed by atoms with E-state index >= 15 is 0 Å². The number of sulfonamides is 1. The zero-order valence-corrected chi connectivity index (χ0v) is 15.7. The number of hydrogen-bond acceptors (Lipinski definition) is 5. The van der Waals surface area contributed by atoms with E-state index in [-0.39, 0.29) is 24.0 Å². The van der Waals surface area contributed by atoms with Crippen LogP contribution in [0.2, 0.25) is 0 Å². The molecule has 1 atom stereocenters. The van der Waals surface area contributed by atoms with Crippen molar-refractivity contribution in [3.63, 3.8) is 0 Å². The zero-order valence-electron chi connectivity index (χ0n) is 12.5. The summed E-state index contributed by atoms with van der Waals surface area (Å²) >= 11 is 4.40. The topological polar surface area (TPSA) is 75.6 Å². The van der Waals surface area contributed by atoms with Gasteiger partial charge < -0.3 is 9.84 Å². The Morgan fingerprint density at radius 2 is 1.96 bits per heavy atom. The van der Waals surface area contributed by atoms with Gasteiger partial charge in [0.2, 0.25) is 10.0 Å². The minimum absolute atomic E-state index is 0.0981. The molecule has 0 radical (unpaired) electrons. The van der Waals surface area contributed by atoms with Crippen molar-refractivity contribution in [2.24, 2.45) is 0 Å². The molecule has 0 saturated carbocycles. The minimum Gasteiger partial charge on any atom is -0.394 e. The number of nitrogens with one attached hydrogen (secondary N) is 1. The van der Waals surface area contributed by atoms with Crippen LogP contribution in [0.5, 0.6) is 0 Å². The molecule has 1 aromatic heterocycles. The van der Waals surface area contributed by atoms with Gasteiger partial charge in [0, 0.05) is 6.54 Å². The number of thiophene rings is 1. The van der Waals surface area contributed by atoms with Gasteiger partial charge in [-0.3, -0.25) is 0 Å². The van der Waals surface area contributed by atoms with E-state index in [4.69, 9.17) is 9.84 Å². The first-order valence-electron chi connectivity index (χ1n) is 6.96. The molecule has 0 spiro atoms. The van der Waals surface area contributed by atoms with E-state index in [0.29, 0.717) is 0 Å². The Bertz CT molecular complexity index is 728. The summed E-state index contributed by atoms with van der Waals surface area (Å²) in [5, 5.41) is 8.95. The molecule has 0 amide bonds. The van der Waals surface area contributed by atoms with Crippen LogP contribution in [-0.4, -0.2) is 33.3 Å². The van der Waals surface area contributed by atoms with Crippen LogP contribution in [0.3, 0.4) is 0 Å². The molecule has 1 heterocycles. The van der Waals surface area contributed by atoms with Gasteiger partial charge in [-0.15, -0.1) is 11.3 Å². The first-order chi connectivity index (χ1) is 10.9. The third-order valence-electron chi connectivity index (χ3n) is 3.13. The summed E-state index contributed by atoms with van der Waals surface area (Å²) in [5.41, 5.74) is 1.97. The number of rotatable bonds is 8. The second-order valence-electron chi connectivity index (χ2n) is 4.90. The van der Waals surface area contributed by atoms with Gasteiger partial charge in [0.25, 0.3) is 0 Å². The third-order valence-corrected chi connectivity index (χ3v) is 6.67. The molecule has 2 aromatic rings. The van der Waals surface area contributed by atoms with Crippen LogP contribution in [0.1, 0.15) is 17.2 Å². The first-order valence-corrected chi connectivity index (χ1v) is 10.1. The highest BCUT2D eigenvalue weighted by Gasteiger charge is 2.20. The highest BCUT2D eigenvalue weighted by Crippen LogP contribution is 2.26. The van der Waals surface area contributed by atoms with Gasteiger partial charge in [-0.05, 0) is 40.5 Å². The fourth-order valence-electron chi connectivity index (χ4n) is 1.95. The predicted octanol–water partition coefficient (Wildman–Crippen LogP) is 2.85. The summed E-state index contributed by atoms with van der Waals surface area (Å²) in [6.45, 7) is 2.10. The smallest absolute Gasteiger partial charge is 0.250 e. The Morgan fingerprint density at radius 1 is 1.26 bits per heavy atom. The van der Waals surface area contributed by atoms with Crippen LogP contribution >= 0.6 is 27.3 Å². The lowest BCUT2D eigenvalue weighted by atomic mass is 10.1. The van der Waals surface area contributed by atoms with Crippen molar-refractivity contribution in [3.8, 4) is 0 Å². The number of aryl methyl sites for hydroxylation is 1. The third kappa shape index (κ3) is 5.37. The second kappa shape index (κ2) is 8.36. The molecule has 23 heavy (non-hydrogen) atoms. The van der Waals surface area contributed by atoms with Gasteiger partial charge in [0.15, 0.2) is 0 Å². The van der Waals surface area contributed by atoms with Crippen molar-refractivity contribution in [1.82, 2.24) is 4.72 Å². The fourth-order valence-corrected chi connectivity index (χ4v) is 5.03. The quantitative estimate of drug-likeness (QED) is 0.689. The van der Waals surface area contributed by atoms with E-state index in [1.54, 1.807) is 12.1 Å². The highest BCUT2D eigenvalue weighted by molar-refractivity contribution is 9.11. The van der Waals surface area contributed by atoms with Gasteiger partial charge in [-0.1, -0.05) is 29.8 Å². The second-order valence-corrected chi connectivity index (χ2v) is 9.36. The van der Waals surface area contributed by atoms with Gasteiger partial charge in [0.1, 0.15) is 4.21 Å². The maximum absolute atomic E-state index is 12.3. The molecule has 0 saturated heterocycles. The molecule has 2 rings (SSSR count). The van der Waals surface area contributed by atoms with Crippen molar-refractivity contribution in [1.29, 1.82) is 0 Å². The van der Waals surface area contributed by atoms with Crippen molar-refractivity contribution in [2.75, 3.05) is 19.8 Å². The Hall–Kier alpha value is -0.770. The van der Waals surface area contributed by atoms with Crippen molar-refractivity contribution in [2.45, 2.75) is 17.2 Å². The molecule has 0 aliphatic carbocycles. The van der Waals surface area contributed by atoms with E-state index in [9.17, 15) is 8.42 Å². The van der Waals surface area contributed by atoms with Crippen LogP contribution in [0.4, 0.5) is 0 Å². The molecule has 1 aromatic carbocycles. The Kier molecular flexibility index (Phi) is 6.75. The van der Waals surface area contributed by atoms with Crippen molar-refractivity contribution < 1.29 is 18.3 Å². The molecule has 5 nitrogen and oxygen atoms in total. The SMILES string of the molecule is Cc1ccc(C(CNS(=O)(=O)c2ccc(Br)s2)OCCO)cc1. The van der Waals surface area contributed by atoms with Crippen LogP contribution in [0.25, 0.3) is 0 Å². The largest absolute Gasteiger partial charge is 0.394 e. The molecule has 2 N–H and O–H groups in total. The molecule has 8 heteroatoms. The molecule has 0 aliphatic heterocycles. The predicted molar refractivity (Wildman–Crippen MR) is 94.2 cm³/mol. The average molecular weight is 420 g/mol. The summed E-state index contributed by atoms with van der Waals surface area (Å²) in [6, 6.07) is 10.9. The molecule has 1 unspecified atom stereocenters. The molecule has 0 aliphatic rings. The molecular weight excluding hydrogens is 402 g/mol. The lowest BCUT2D eigenvalue weighted by Gasteiger charge is -2.18. The van der Waals surface area contributed by atoms with Crippen LogP contribution < -0.4 is 4.72 Å². The van der Waals surface area contributed by atoms with Gasteiger partial charge in [-0.25, -0.2) is 13.1 Å². The van der Waals surface area contributed by atoms with Crippen LogP contribution in [0.15, 0.2) is 44.4 Å². The molecule has 0 fully saturated rings. The first kappa shape index (κ1) is 18.6. The lowest BCUT2D eigenvalue weighted by Crippen LogP contribution is -2.29. The molecule has 0 bridgehead atoms. The summed E-state index contributed by atoms with van der Waals surface area (Å²) in [5.74, 6) is 0. The van der Waals surface area contributed by atoms with Gasteiger partial charge >= 0.3 is 0 Å². The maximum atomic E-state index is 12.3. The lowest BCUT2D eigenvalue weighted by molar-refractivity contribution is 0.0309. The number of ether oxygens (including phenoxy) is 1. The monoisotopic (exact) mass is 419 g/mol. The van der Waals surface area contributed by atoms with Gasteiger partial charge in [-0.2, -0.15) is 0 Å². The van der Waals surface area contributed by atoms with E-state index in [0.717, 1.165) is 26.3 Å². The normalized spacial score (nSPS) is 13.2. The number of halogens is 1. The summed E-state index contributed by atoms with van der Waals surface area (Å²) < 4.78 is 33.7.